The Morgan fingerprint density at radius 1 is 0.476 bits per heavy atom. The van der Waals surface area contributed by atoms with Gasteiger partial charge in [0.1, 0.15) is 24.4 Å². The molecule has 1 rings (SSSR count). The van der Waals surface area contributed by atoms with Crippen molar-refractivity contribution in [3.05, 3.63) is 85.1 Å². The Balaban J connectivity index is 2.60. The smallest absolute Gasteiger partial charge is 0.306 e. The van der Waals surface area contributed by atoms with Gasteiger partial charge in [-0.15, -0.1) is 0 Å². The topological polar surface area (TPSA) is 175 Å². The maximum atomic E-state index is 13.5. The van der Waals surface area contributed by atoms with E-state index >= 15 is 0 Å². The molecular formula is C73H129NO10. The van der Waals surface area contributed by atoms with E-state index in [0.29, 0.717) is 12.8 Å². The maximum absolute atomic E-state index is 13.5. The Labute approximate surface area is 514 Å². The van der Waals surface area contributed by atoms with Gasteiger partial charge in [-0.3, -0.25) is 9.59 Å². The summed E-state index contributed by atoms with van der Waals surface area (Å²) in [6.07, 6.45) is 69.0. The number of hydrogen-bond acceptors (Lipinski definition) is 10. The van der Waals surface area contributed by atoms with Crippen molar-refractivity contribution in [3.63, 3.8) is 0 Å². The number of unbranched alkanes of at least 4 members (excludes halogenated alkanes) is 33. The van der Waals surface area contributed by atoms with E-state index in [2.05, 4.69) is 99.0 Å². The van der Waals surface area contributed by atoms with Crippen LogP contribution in [-0.2, 0) is 23.8 Å². The molecule has 8 unspecified atom stereocenters. The third kappa shape index (κ3) is 47.0. The van der Waals surface area contributed by atoms with Crippen LogP contribution in [0.2, 0.25) is 0 Å². The highest BCUT2D eigenvalue weighted by Gasteiger charge is 2.47. The number of esters is 1. The van der Waals surface area contributed by atoms with Gasteiger partial charge in [0.15, 0.2) is 12.4 Å². The minimum atomic E-state index is -1.62. The zero-order valence-electron chi connectivity index (χ0n) is 54.0. The van der Waals surface area contributed by atoms with Crippen LogP contribution in [0.15, 0.2) is 85.1 Å². The number of rotatable bonds is 59. The summed E-state index contributed by atoms with van der Waals surface area (Å²) in [5, 5.41) is 57.2. The van der Waals surface area contributed by atoms with Gasteiger partial charge < -0.3 is 45.1 Å². The van der Waals surface area contributed by atoms with Crippen molar-refractivity contribution in [2.24, 2.45) is 0 Å². The Morgan fingerprint density at radius 3 is 1.29 bits per heavy atom. The third-order valence-corrected chi connectivity index (χ3v) is 16.1. The third-order valence-electron chi connectivity index (χ3n) is 16.1. The number of allylic oxidation sites excluding steroid dienone is 13. The van der Waals surface area contributed by atoms with Gasteiger partial charge in [-0.2, -0.15) is 0 Å². The number of nitrogens with one attached hydrogen (secondary N) is 1. The minimum Gasteiger partial charge on any atom is -0.454 e. The van der Waals surface area contributed by atoms with Crippen LogP contribution in [0.4, 0.5) is 0 Å². The van der Waals surface area contributed by atoms with Gasteiger partial charge >= 0.3 is 5.97 Å². The van der Waals surface area contributed by atoms with E-state index in [-0.39, 0.29) is 19.4 Å². The monoisotopic (exact) mass is 1180 g/mol. The summed E-state index contributed by atoms with van der Waals surface area (Å²) >= 11 is 0. The quantitative estimate of drug-likeness (QED) is 0.0195. The number of hydrogen-bond donors (Lipinski definition) is 6. The average molecular weight is 1180 g/mol. The molecule has 0 spiro atoms. The molecule has 1 aliphatic heterocycles. The molecule has 0 bridgehead atoms. The zero-order valence-corrected chi connectivity index (χ0v) is 54.0. The van der Waals surface area contributed by atoms with Gasteiger partial charge in [-0.25, -0.2) is 0 Å². The summed E-state index contributed by atoms with van der Waals surface area (Å²) < 4.78 is 17.7. The second kappa shape index (κ2) is 60.1. The van der Waals surface area contributed by atoms with Gasteiger partial charge in [0, 0.05) is 6.42 Å². The molecular weight excluding hydrogens is 1050 g/mol. The second-order valence-electron chi connectivity index (χ2n) is 23.9. The lowest BCUT2D eigenvalue weighted by atomic mass is 9.99. The molecule has 486 valence electrons. The van der Waals surface area contributed by atoms with E-state index in [1.807, 2.05) is 6.08 Å². The molecule has 0 saturated carbocycles. The first-order valence-electron chi connectivity index (χ1n) is 34.9. The first-order valence-corrected chi connectivity index (χ1v) is 34.9. The van der Waals surface area contributed by atoms with E-state index in [1.54, 1.807) is 6.08 Å². The maximum Gasteiger partial charge on any atom is 0.306 e. The van der Waals surface area contributed by atoms with Crippen LogP contribution < -0.4 is 5.32 Å². The van der Waals surface area contributed by atoms with Crippen molar-refractivity contribution in [1.82, 2.24) is 5.32 Å². The summed E-state index contributed by atoms with van der Waals surface area (Å²) in [5.41, 5.74) is 0. The molecule has 8 atom stereocenters. The van der Waals surface area contributed by atoms with Gasteiger partial charge in [-0.1, -0.05) is 305 Å². The van der Waals surface area contributed by atoms with Crippen molar-refractivity contribution >= 4 is 11.9 Å². The molecule has 1 amide bonds. The predicted molar refractivity (Wildman–Crippen MR) is 352 cm³/mol. The normalized spacial score (nSPS) is 19.0. The van der Waals surface area contributed by atoms with Crippen LogP contribution in [-0.4, -0.2) is 99.6 Å². The van der Waals surface area contributed by atoms with Crippen molar-refractivity contribution in [2.75, 3.05) is 13.2 Å². The van der Waals surface area contributed by atoms with E-state index in [1.165, 1.54) is 141 Å². The molecule has 0 aromatic carbocycles. The van der Waals surface area contributed by atoms with Crippen LogP contribution >= 0.6 is 0 Å². The van der Waals surface area contributed by atoms with Crippen LogP contribution in [0.1, 0.15) is 303 Å². The zero-order chi connectivity index (χ0) is 61.0. The van der Waals surface area contributed by atoms with Crippen molar-refractivity contribution in [3.8, 4) is 0 Å². The fourth-order valence-electron chi connectivity index (χ4n) is 10.6. The Kier molecular flexibility index (Phi) is 56.5. The highest BCUT2D eigenvalue weighted by Crippen LogP contribution is 2.26. The van der Waals surface area contributed by atoms with Gasteiger partial charge in [0.05, 0.1) is 25.4 Å². The van der Waals surface area contributed by atoms with Crippen LogP contribution in [0.5, 0.6) is 0 Å². The van der Waals surface area contributed by atoms with E-state index < -0.39 is 67.4 Å². The first-order chi connectivity index (χ1) is 41.2. The molecule has 1 saturated heterocycles. The molecule has 0 aliphatic carbocycles. The molecule has 84 heavy (non-hydrogen) atoms. The van der Waals surface area contributed by atoms with Crippen LogP contribution in [0.3, 0.4) is 0 Å². The molecule has 1 heterocycles. The predicted octanol–water partition coefficient (Wildman–Crippen LogP) is 17.7. The standard InChI is InChI=1S/C73H129NO10/c1-4-7-10-13-16-19-22-25-27-29-30-31-32-33-34-35-36-37-39-40-42-45-48-51-54-57-60-66(77)72(81)74-64(65(76)59-56-53-50-47-44-24-21-18-15-12-9-6-3)63-82-73-71(70(80)69(79)67(62-75)83-73)84-68(78)61-58-55-52-49-46-43-41-38-28-26-23-20-17-14-11-8-5-2/h7,10,16,19,25,27,30-31,33-34,36-37,56,59,64-67,69-71,73,75-77,79-80H,4-6,8-9,11-15,17-18,20-24,26,28-29,32,35,38-55,57-58,60-63H2,1-3H3,(H,74,81)/b10-7-,19-16-,27-25-,31-30-,34-33-,37-36-,59-56+. The number of aliphatic hydroxyl groups is 5. The summed E-state index contributed by atoms with van der Waals surface area (Å²) in [6.45, 7) is 5.70. The summed E-state index contributed by atoms with van der Waals surface area (Å²) in [5.74, 6) is -1.20. The Hall–Kier alpha value is -3.16. The van der Waals surface area contributed by atoms with Crippen LogP contribution in [0, 0.1) is 0 Å². The van der Waals surface area contributed by atoms with E-state index in [9.17, 15) is 35.1 Å². The van der Waals surface area contributed by atoms with E-state index in [4.69, 9.17) is 14.2 Å². The molecule has 6 N–H and O–H groups in total. The van der Waals surface area contributed by atoms with Gasteiger partial charge in [-0.05, 0) is 77.0 Å². The largest absolute Gasteiger partial charge is 0.454 e. The fraction of sp³-hybridized carbons (Fsp3) is 0.781. The molecule has 0 aromatic rings. The van der Waals surface area contributed by atoms with Crippen LogP contribution in [0.25, 0.3) is 0 Å². The lowest BCUT2D eigenvalue weighted by molar-refractivity contribution is -0.305. The molecule has 11 heteroatoms. The SMILES string of the molecule is CC/C=C\C/C=C\C/C=C\C/C=C\C/C=C\C/C=C\CCCCCCCCCC(O)C(=O)NC(COC1OC(CO)C(O)C(O)C1OC(=O)CCCCCCCCCCCCCCCCCCC)C(O)/C=C/CCCCCCCCCCCC. The first kappa shape index (κ1) is 78.9. The lowest BCUT2D eigenvalue weighted by Crippen LogP contribution is -2.61. The van der Waals surface area contributed by atoms with Crippen molar-refractivity contribution in [1.29, 1.82) is 0 Å². The van der Waals surface area contributed by atoms with Gasteiger partial charge in [0.25, 0.3) is 0 Å². The minimum absolute atomic E-state index is 0.124. The number of ether oxygens (including phenoxy) is 3. The van der Waals surface area contributed by atoms with Crippen molar-refractivity contribution in [2.45, 2.75) is 352 Å². The Morgan fingerprint density at radius 2 is 0.857 bits per heavy atom. The second-order valence-corrected chi connectivity index (χ2v) is 23.9. The number of amides is 1. The van der Waals surface area contributed by atoms with Gasteiger partial charge in [0.2, 0.25) is 5.91 Å². The number of aliphatic hydroxyl groups excluding tert-OH is 5. The van der Waals surface area contributed by atoms with E-state index in [0.717, 1.165) is 116 Å². The summed E-state index contributed by atoms with van der Waals surface area (Å²) in [7, 11) is 0. The Bertz CT molecular complexity index is 1690. The highest BCUT2D eigenvalue weighted by molar-refractivity contribution is 5.80. The average Bonchev–Trinajstić information content (AvgIpc) is 3.67. The molecule has 1 fully saturated rings. The number of carbonyl (C=O) groups is 2. The molecule has 1 aliphatic rings. The molecule has 11 nitrogen and oxygen atoms in total. The summed E-state index contributed by atoms with van der Waals surface area (Å²) in [4.78, 5) is 26.6. The molecule has 0 radical (unpaired) electrons. The molecule has 0 aromatic heterocycles. The van der Waals surface area contributed by atoms with Crippen molar-refractivity contribution < 1.29 is 49.3 Å². The number of carbonyl (C=O) groups excluding carboxylic acids is 2. The summed E-state index contributed by atoms with van der Waals surface area (Å²) in [6, 6.07) is -1.03. The fourth-order valence-corrected chi connectivity index (χ4v) is 10.6. The highest BCUT2D eigenvalue weighted by atomic mass is 16.7. The lowest BCUT2D eigenvalue weighted by Gasteiger charge is -2.41.